The molecule has 0 spiro atoms. The molecular formula is C27H39CaN3O9S2. The Kier molecular flexibility index (Phi) is 20.3. The van der Waals surface area contributed by atoms with Gasteiger partial charge in [0.1, 0.15) is 6.10 Å². The van der Waals surface area contributed by atoms with E-state index in [9.17, 15) is 35.5 Å². The van der Waals surface area contributed by atoms with Gasteiger partial charge in [-0.1, -0.05) is 54.6 Å². The molecule has 2 N–H and O–H groups in total. The third kappa shape index (κ3) is 20.3. The molecule has 0 fully saturated rings. The Hall–Kier alpha value is -1.62. The minimum Gasteiger partial charge on any atom is -0.748 e. The molecule has 0 saturated carbocycles. The maximum Gasteiger partial charge on any atom is 2.00 e. The molecule has 1 aliphatic rings. The molecule has 230 valence electrons. The van der Waals surface area contributed by atoms with Crippen LogP contribution in [0.1, 0.15) is 49.5 Å². The normalized spacial score (nSPS) is 15.0. The Morgan fingerprint density at radius 2 is 1.33 bits per heavy atom. The van der Waals surface area contributed by atoms with E-state index in [1.165, 1.54) is 30.5 Å². The molecule has 42 heavy (non-hydrogen) atoms. The van der Waals surface area contributed by atoms with Crippen LogP contribution < -0.4 is 10.6 Å². The summed E-state index contributed by atoms with van der Waals surface area (Å²) in [6.07, 6.45) is 0.405. The summed E-state index contributed by atoms with van der Waals surface area (Å²) in [6, 6.07) is 19.1. The predicted molar refractivity (Wildman–Crippen MR) is 158 cm³/mol. The van der Waals surface area contributed by atoms with Gasteiger partial charge >= 0.3 is 37.7 Å². The SMILES string of the molecule is CC(=O)NCCCS(=O)(=O)[O-].CC(=O)NCCCS(=O)(=O)[O-].CN1CCOC(c2ccccc2)c2ccccc2C1.[Ca+2]. The fraction of sp³-hybridized carbons (Fsp3) is 0.481. The van der Waals surface area contributed by atoms with Crippen molar-refractivity contribution in [2.75, 3.05) is 44.8 Å². The van der Waals surface area contributed by atoms with Gasteiger partial charge < -0.3 is 24.5 Å². The summed E-state index contributed by atoms with van der Waals surface area (Å²) in [5.74, 6) is -1.30. The third-order valence-electron chi connectivity index (χ3n) is 5.53. The van der Waals surface area contributed by atoms with Crippen molar-refractivity contribution < 1.29 is 40.3 Å². The van der Waals surface area contributed by atoms with Crippen molar-refractivity contribution in [1.82, 2.24) is 15.5 Å². The van der Waals surface area contributed by atoms with Gasteiger partial charge in [0, 0.05) is 51.5 Å². The van der Waals surface area contributed by atoms with Gasteiger partial charge in [-0.25, -0.2) is 16.8 Å². The van der Waals surface area contributed by atoms with Crippen molar-refractivity contribution in [3.8, 4) is 0 Å². The van der Waals surface area contributed by atoms with Crippen molar-refractivity contribution in [3.63, 3.8) is 0 Å². The molecule has 2 aromatic rings. The molecule has 0 aliphatic carbocycles. The minimum absolute atomic E-state index is 0. The van der Waals surface area contributed by atoms with Gasteiger partial charge in [-0.2, -0.15) is 0 Å². The van der Waals surface area contributed by atoms with E-state index in [0.717, 1.165) is 19.7 Å². The van der Waals surface area contributed by atoms with Crippen LogP contribution in [0.15, 0.2) is 54.6 Å². The van der Waals surface area contributed by atoms with Crippen LogP contribution in [0.2, 0.25) is 0 Å². The number of nitrogens with zero attached hydrogens (tertiary/aromatic N) is 1. The summed E-state index contributed by atoms with van der Waals surface area (Å²) in [5, 5.41) is 4.75. The molecule has 0 bridgehead atoms. The topological polar surface area (TPSA) is 185 Å². The summed E-state index contributed by atoms with van der Waals surface area (Å²) in [7, 11) is -6.10. The summed E-state index contributed by atoms with van der Waals surface area (Å²) >= 11 is 0. The van der Waals surface area contributed by atoms with E-state index in [2.05, 4.69) is 71.1 Å². The minimum atomic E-state index is -4.12. The Balaban J connectivity index is 0.000000639. The van der Waals surface area contributed by atoms with Gasteiger partial charge in [-0.15, -0.1) is 0 Å². The second-order valence-electron chi connectivity index (χ2n) is 9.29. The van der Waals surface area contributed by atoms with E-state index in [-0.39, 0.29) is 81.6 Å². The predicted octanol–water partition coefficient (Wildman–Crippen LogP) is 0.973. The standard InChI is InChI=1S/C17H19NO.2C5H11NO4S.Ca/c1-18-11-12-19-17(14-7-3-2-4-8-14)16-10-6-5-9-15(16)13-18;2*1-5(7)6-3-2-4-11(8,9)10;/h2-10,17H,11-13H2,1H3;2*2-4H2,1H3,(H,6,7)(H,8,9,10);/q;;;+2/p-2. The van der Waals surface area contributed by atoms with Gasteiger partial charge in [0.2, 0.25) is 11.8 Å². The van der Waals surface area contributed by atoms with Crippen molar-refractivity contribution >= 4 is 69.8 Å². The number of hydrogen-bond donors (Lipinski definition) is 2. The largest absolute Gasteiger partial charge is 2.00 e. The van der Waals surface area contributed by atoms with Crippen molar-refractivity contribution in [2.45, 2.75) is 39.3 Å². The number of carbonyl (C=O) groups is 2. The monoisotopic (exact) mass is 653 g/mol. The molecule has 1 unspecified atom stereocenters. The van der Waals surface area contributed by atoms with Gasteiger partial charge in [-0.05, 0) is 36.6 Å². The Labute approximate surface area is 279 Å². The van der Waals surface area contributed by atoms with E-state index < -0.39 is 31.7 Å². The molecule has 12 nitrogen and oxygen atoms in total. The van der Waals surface area contributed by atoms with E-state index >= 15 is 0 Å². The van der Waals surface area contributed by atoms with E-state index in [4.69, 9.17) is 4.74 Å². The van der Waals surface area contributed by atoms with Crippen LogP contribution in [0.25, 0.3) is 0 Å². The molecule has 3 rings (SSSR count). The molecule has 0 radical (unpaired) electrons. The van der Waals surface area contributed by atoms with Crippen LogP contribution >= 0.6 is 0 Å². The van der Waals surface area contributed by atoms with Crippen molar-refractivity contribution in [1.29, 1.82) is 0 Å². The first-order valence-corrected chi connectivity index (χ1v) is 16.1. The Bertz CT molecular complexity index is 1240. The van der Waals surface area contributed by atoms with Crippen LogP contribution in [-0.2, 0) is 41.1 Å². The van der Waals surface area contributed by atoms with E-state index in [0.29, 0.717) is 0 Å². The second kappa shape index (κ2) is 21.1. The number of hydrogen-bond acceptors (Lipinski definition) is 10. The zero-order chi connectivity index (χ0) is 30.9. The molecule has 15 heteroatoms. The summed E-state index contributed by atoms with van der Waals surface area (Å²) in [5.41, 5.74) is 3.89. The van der Waals surface area contributed by atoms with Crippen LogP contribution in [0.3, 0.4) is 0 Å². The molecule has 1 aliphatic heterocycles. The van der Waals surface area contributed by atoms with Gasteiger partial charge in [0.25, 0.3) is 0 Å². The number of fused-ring (bicyclic) bond motifs is 1. The quantitative estimate of drug-likeness (QED) is 0.225. The molecular weight excluding hydrogens is 615 g/mol. The fourth-order valence-corrected chi connectivity index (χ4v) is 4.65. The number of benzene rings is 2. The number of nitrogens with one attached hydrogen (secondary N) is 2. The number of amides is 2. The molecule has 2 aromatic carbocycles. The van der Waals surface area contributed by atoms with Crippen LogP contribution in [0.4, 0.5) is 0 Å². The molecule has 0 aromatic heterocycles. The number of likely N-dealkylation sites (N-methyl/N-ethyl adjacent to an activating group) is 1. The first kappa shape index (κ1) is 40.4. The summed E-state index contributed by atoms with van der Waals surface area (Å²) in [4.78, 5) is 22.8. The van der Waals surface area contributed by atoms with Crippen LogP contribution in [0, 0.1) is 0 Å². The molecule has 2 amide bonds. The maximum atomic E-state index is 10.2. The average molecular weight is 654 g/mol. The van der Waals surface area contributed by atoms with Gasteiger partial charge in [0.15, 0.2) is 0 Å². The third-order valence-corrected chi connectivity index (χ3v) is 7.11. The van der Waals surface area contributed by atoms with E-state index in [1.807, 2.05) is 6.07 Å². The summed E-state index contributed by atoms with van der Waals surface area (Å²) in [6.45, 7) is 5.84. The number of ether oxygens (including phenoxy) is 1. The second-order valence-corrected chi connectivity index (χ2v) is 12.3. The van der Waals surface area contributed by atoms with Crippen LogP contribution in [0.5, 0.6) is 0 Å². The van der Waals surface area contributed by atoms with Crippen molar-refractivity contribution in [3.05, 3.63) is 71.3 Å². The number of rotatable bonds is 9. The van der Waals surface area contributed by atoms with Gasteiger partial charge in [-0.3, -0.25) is 14.5 Å². The smallest absolute Gasteiger partial charge is 0.748 e. The van der Waals surface area contributed by atoms with Crippen LogP contribution in [-0.4, -0.2) is 125 Å². The molecule has 0 saturated heterocycles. The molecule has 1 heterocycles. The van der Waals surface area contributed by atoms with Gasteiger partial charge in [0.05, 0.1) is 26.8 Å². The maximum absolute atomic E-state index is 10.2. The Morgan fingerprint density at radius 1 is 0.857 bits per heavy atom. The zero-order valence-electron chi connectivity index (χ0n) is 24.3. The first-order chi connectivity index (χ1) is 19.2. The van der Waals surface area contributed by atoms with Crippen molar-refractivity contribution in [2.24, 2.45) is 0 Å². The fourth-order valence-electron chi connectivity index (χ4n) is 3.65. The zero-order valence-corrected chi connectivity index (χ0v) is 28.1. The first-order valence-electron chi connectivity index (χ1n) is 13.0. The molecule has 1 atom stereocenters. The number of carbonyl (C=O) groups excluding carboxylic acids is 2. The summed E-state index contributed by atoms with van der Waals surface area (Å²) < 4.78 is 66.2. The van der Waals surface area contributed by atoms with E-state index in [1.54, 1.807) is 0 Å². The average Bonchev–Trinajstić information content (AvgIpc) is 2.87. The Morgan fingerprint density at radius 3 is 1.81 bits per heavy atom.